The number of quaternary nitrogens is 1. The first-order chi connectivity index (χ1) is 13.7. The number of benzene rings is 1. The Bertz CT molecular complexity index is 1010. The van der Waals surface area contributed by atoms with E-state index in [-0.39, 0.29) is 0 Å². The van der Waals surface area contributed by atoms with Crippen molar-refractivity contribution in [3.05, 3.63) is 59.5 Å². The van der Waals surface area contributed by atoms with E-state index in [2.05, 4.69) is 27.3 Å². The van der Waals surface area contributed by atoms with Gasteiger partial charge in [-0.15, -0.1) is 10.2 Å². The van der Waals surface area contributed by atoms with Crippen LogP contribution in [0.15, 0.2) is 56.0 Å². The van der Waals surface area contributed by atoms with Crippen LogP contribution < -0.4 is 4.90 Å². The highest BCUT2D eigenvalue weighted by Gasteiger charge is 2.20. The number of furan rings is 1. The summed E-state index contributed by atoms with van der Waals surface area (Å²) in [7, 11) is 0. The van der Waals surface area contributed by atoms with Gasteiger partial charge in [0.05, 0.1) is 12.8 Å². The maximum absolute atomic E-state index is 5.93. The number of aromatic nitrogens is 4. The minimum atomic E-state index is 0.374. The average Bonchev–Trinajstić information content (AvgIpc) is 3.44. The van der Waals surface area contributed by atoms with Crippen molar-refractivity contribution in [1.29, 1.82) is 0 Å². The van der Waals surface area contributed by atoms with E-state index >= 15 is 0 Å². The number of halogens is 1. The molecule has 0 radical (unpaired) electrons. The van der Waals surface area contributed by atoms with Gasteiger partial charge in [-0.1, -0.05) is 23.7 Å². The Kier molecular flexibility index (Phi) is 5.50. The fourth-order valence-electron chi connectivity index (χ4n) is 2.89. The molecular weight excluding hydrogens is 382 g/mol. The molecule has 0 bridgehead atoms. The molecule has 1 aromatic carbocycles. The van der Waals surface area contributed by atoms with Gasteiger partial charge in [0, 0.05) is 10.6 Å². The molecule has 0 aliphatic carbocycles. The predicted octanol–water partition coefficient (Wildman–Crippen LogP) is 3.03. The van der Waals surface area contributed by atoms with Crippen LogP contribution in [0.25, 0.3) is 23.0 Å². The smallest absolute Gasteiger partial charge is 0.283 e. The van der Waals surface area contributed by atoms with Gasteiger partial charge in [-0.2, -0.15) is 4.98 Å². The predicted molar refractivity (Wildman–Crippen MR) is 100 cm³/mol. The third-order valence-corrected chi connectivity index (χ3v) is 4.43. The summed E-state index contributed by atoms with van der Waals surface area (Å²) in [5.41, 5.74) is 0.858. The number of nitrogens with one attached hydrogen (secondary N) is 1. The largest absolute Gasteiger partial charge is 0.459 e. The molecule has 0 aliphatic heterocycles. The van der Waals surface area contributed by atoms with Crippen LogP contribution in [0.1, 0.15) is 25.1 Å². The molecule has 1 atom stereocenters. The Morgan fingerprint density at radius 1 is 1.04 bits per heavy atom. The van der Waals surface area contributed by atoms with Crippen molar-refractivity contribution in [3.63, 3.8) is 0 Å². The molecule has 0 fully saturated rings. The first-order valence-corrected chi connectivity index (χ1v) is 9.37. The van der Waals surface area contributed by atoms with Crippen LogP contribution >= 0.6 is 11.6 Å². The molecule has 9 heteroatoms. The minimum Gasteiger partial charge on any atom is -0.459 e. The number of nitrogens with zero attached hydrogens (tertiary/aromatic N) is 4. The minimum absolute atomic E-state index is 0.374. The van der Waals surface area contributed by atoms with E-state index < -0.39 is 0 Å². The second-order valence-corrected chi connectivity index (χ2v) is 6.79. The van der Waals surface area contributed by atoms with Crippen molar-refractivity contribution in [2.75, 3.05) is 6.54 Å². The fourth-order valence-corrected chi connectivity index (χ4v) is 3.01. The molecule has 0 aliphatic rings. The molecule has 4 aromatic rings. The van der Waals surface area contributed by atoms with E-state index in [1.165, 1.54) is 4.90 Å². The van der Waals surface area contributed by atoms with E-state index in [1.54, 1.807) is 30.5 Å². The highest BCUT2D eigenvalue weighted by molar-refractivity contribution is 6.30. The van der Waals surface area contributed by atoms with Gasteiger partial charge in [0.25, 0.3) is 17.7 Å². The average molecular weight is 401 g/mol. The third kappa shape index (κ3) is 4.29. The topological polar surface area (TPSA) is 95.4 Å². The lowest BCUT2D eigenvalue weighted by Gasteiger charge is -2.14. The summed E-state index contributed by atoms with van der Waals surface area (Å²) in [5.74, 6) is 2.56. The summed E-state index contributed by atoms with van der Waals surface area (Å²) in [6.07, 6.45) is 2.56. The summed E-state index contributed by atoms with van der Waals surface area (Å²) in [6.45, 7) is 4.14. The van der Waals surface area contributed by atoms with Crippen LogP contribution in [0, 0.1) is 0 Å². The number of hydrogen-bond donors (Lipinski definition) is 1. The van der Waals surface area contributed by atoms with Crippen LogP contribution in [-0.4, -0.2) is 26.9 Å². The van der Waals surface area contributed by atoms with E-state index in [9.17, 15) is 0 Å². The molecule has 8 nitrogen and oxygen atoms in total. The lowest BCUT2D eigenvalue weighted by atomic mass is 10.2. The monoisotopic (exact) mass is 400 g/mol. The molecule has 4 rings (SSSR count). The van der Waals surface area contributed by atoms with E-state index in [0.717, 1.165) is 18.5 Å². The molecule has 144 valence electrons. The number of rotatable bonds is 8. The standard InChI is InChI=1S/C19H18ClN5O3/c1-2-9-25(12-17-22-23-19(27-17)15-4-3-10-26-15)11-16-21-18(24-28-16)13-5-7-14(20)8-6-13/h3-8,10H,2,9,11-12H2,1H3/p+1. The molecule has 28 heavy (non-hydrogen) atoms. The maximum atomic E-state index is 5.93. The molecule has 0 saturated carbocycles. The molecule has 0 amide bonds. The Morgan fingerprint density at radius 2 is 1.86 bits per heavy atom. The van der Waals surface area contributed by atoms with Crippen LogP contribution in [0.3, 0.4) is 0 Å². The second-order valence-electron chi connectivity index (χ2n) is 6.35. The van der Waals surface area contributed by atoms with E-state index in [1.807, 2.05) is 12.1 Å². The van der Waals surface area contributed by atoms with Crippen molar-refractivity contribution in [1.82, 2.24) is 20.3 Å². The van der Waals surface area contributed by atoms with Crippen molar-refractivity contribution in [3.8, 4) is 23.0 Å². The van der Waals surface area contributed by atoms with Gasteiger partial charge in [0.2, 0.25) is 5.82 Å². The Morgan fingerprint density at radius 3 is 2.61 bits per heavy atom. The van der Waals surface area contributed by atoms with Gasteiger partial charge in [-0.05, 0) is 42.8 Å². The normalized spacial score (nSPS) is 12.4. The van der Waals surface area contributed by atoms with Gasteiger partial charge in [-0.3, -0.25) is 0 Å². The number of hydrogen-bond acceptors (Lipinski definition) is 7. The van der Waals surface area contributed by atoms with Crippen LogP contribution in [-0.2, 0) is 13.1 Å². The zero-order chi connectivity index (χ0) is 19.3. The second kappa shape index (κ2) is 8.37. The first kappa shape index (κ1) is 18.4. The van der Waals surface area contributed by atoms with Gasteiger partial charge in [0.15, 0.2) is 18.8 Å². The third-order valence-electron chi connectivity index (χ3n) is 4.18. The SMILES string of the molecule is CCC[NH+](Cc1nc(-c2ccc(Cl)cc2)no1)Cc1nnc(-c2ccco2)o1. The summed E-state index contributed by atoms with van der Waals surface area (Å²) in [6, 6.07) is 10.9. The molecule has 0 saturated heterocycles. The molecule has 1 N–H and O–H groups in total. The highest BCUT2D eigenvalue weighted by atomic mass is 35.5. The Hall–Kier alpha value is -2.97. The molecular formula is C19H19ClN5O3+. The zero-order valence-corrected chi connectivity index (χ0v) is 16.0. The summed E-state index contributed by atoms with van der Waals surface area (Å²) >= 11 is 5.93. The van der Waals surface area contributed by atoms with E-state index in [4.69, 9.17) is 25.0 Å². The Labute approximate surface area is 166 Å². The van der Waals surface area contributed by atoms with Crippen LogP contribution in [0.2, 0.25) is 5.02 Å². The van der Waals surface area contributed by atoms with Gasteiger partial charge >= 0.3 is 0 Å². The van der Waals surface area contributed by atoms with Gasteiger partial charge < -0.3 is 18.3 Å². The van der Waals surface area contributed by atoms with Crippen LogP contribution in [0.5, 0.6) is 0 Å². The van der Waals surface area contributed by atoms with Crippen LogP contribution in [0.4, 0.5) is 0 Å². The zero-order valence-electron chi connectivity index (χ0n) is 15.3. The summed E-state index contributed by atoms with van der Waals surface area (Å²) in [4.78, 5) is 5.68. The van der Waals surface area contributed by atoms with Crippen molar-refractivity contribution >= 4 is 11.6 Å². The van der Waals surface area contributed by atoms with Crippen molar-refractivity contribution in [2.45, 2.75) is 26.4 Å². The quantitative estimate of drug-likeness (QED) is 0.485. The molecule has 1 unspecified atom stereocenters. The lowest BCUT2D eigenvalue weighted by molar-refractivity contribution is -0.930. The molecule has 3 aromatic heterocycles. The maximum Gasteiger partial charge on any atom is 0.283 e. The molecule has 3 heterocycles. The molecule has 0 spiro atoms. The first-order valence-electron chi connectivity index (χ1n) is 8.99. The van der Waals surface area contributed by atoms with Crippen molar-refractivity contribution < 1.29 is 18.3 Å². The Balaban J connectivity index is 1.44. The van der Waals surface area contributed by atoms with Crippen molar-refractivity contribution in [2.24, 2.45) is 0 Å². The lowest BCUT2D eigenvalue weighted by Crippen LogP contribution is -3.09. The summed E-state index contributed by atoms with van der Waals surface area (Å²) in [5, 5.41) is 12.9. The van der Waals surface area contributed by atoms with Gasteiger partial charge in [-0.25, -0.2) is 0 Å². The summed E-state index contributed by atoms with van der Waals surface area (Å²) < 4.78 is 16.4. The van der Waals surface area contributed by atoms with E-state index in [0.29, 0.717) is 47.4 Å². The highest BCUT2D eigenvalue weighted by Crippen LogP contribution is 2.19. The van der Waals surface area contributed by atoms with Gasteiger partial charge in [0.1, 0.15) is 0 Å². The fraction of sp³-hybridized carbons (Fsp3) is 0.263.